The summed E-state index contributed by atoms with van der Waals surface area (Å²) >= 11 is 0. The highest BCUT2D eigenvalue weighted by atomic mass is 19.2. The topological polar surface area (TPSA) is 87.6 Å². The number of nitrogens with zero attached hydrogens (tertiary/aromatic N) is 4. The highest BCUT2D eigenvalue weighted by molar-refractivity contribution is 5.97. The van der Waals surface area contributed by atoms with Gasteiger partial charge in [0.05, 0.1) is 0 Å². The van der Waals surface area contributed by atoms with Crippen molar-refractivity contribution in [3.8, 4) is 11.5 Å². The number of aromatic nitrogens is 4. The van der Waals surface area contributed by atoms with Crippen LogP contribution in [0.1, 0.15) is 0 Å². The Bertz CT molecular complexity index is 834. The number of alkyl halides is 1. The van der Waals surface area contributed by atoms with Gasteiger partial charge in [0.15, 0.2) is 17.1 Å². The first-order chi connectivity index (χ1) is 9.13. The van der Waals surface area contributed by atoms with Crippen LogP contribution in [0.3, 0.4) is 0 Å². The number of ether oxygens (including phenoxy) is 2. The van der Waals surface area contributed by atoms with Gasteiger partial charge in [0, 0.05) is 5.39 Å². The second-order valence-electron chi connectivity index (χ2n) is 3.89. The minimum absolute atomic E-state index is 0.0850. The molecule has 1 aromatic carbocycles. The maximum Gasteiger partial charge on any atom is 0.397 e. The number of nitrogen functional groups attached to an aromatic ring is 1. The molecule has 0 radical (unpaired) electrons. The smallest absolute Gasteiger partial charge is 0.397 e. The van der Waals surface area contributed by atoms with E-state index in [9.17, 15) is 8.78 Å². The molecular formula is C10H5F2N5O2. The highest BCUT2D eigenvalue weighted by Gasteiger charge is 2.27. The summed E-state index contributed by atoms with van der Waals surface area (Å²) in [4.78, 5) is 7.64. The minimum atomic E-state index is -1.89. The van der Waals surface area contributed by atoms with Crippen LogP contribution in [0.2, 0.25) is 0 Å². The number of benzene rings is 1. The lowest BCUT2D eigenvalue weighted by Crippen LogP contribution is -2.09. The van der Waals surface area contributed by atoms with E-state index in [2.05, 4.69) is 15.1 Å². The molecule has 0 fully saturated rings. The highest BCUT2D eigenvalue weighted by Crippen LogP contribution is 2.41. The molecule has 0 amide bonds. The molecule has 1 aliphatic heterocycles. The van der Waals surface area contributed by atoms with Gasteiger partial charge in [-0.05, 0) is 12.1 Å². The Hall–Kier alpha value is -2.71. The van der Waals surface area contributed by atoms with E-state index in [1.807, 2.05) is 0 Å². The Morgan fingerprint density at radius 2 is 2.11 bits per heavy atom. The van der Waals surface area contributed by atoms with E-state index in [0.29, 0.717) is 5.39 Å². The van der Waals surface area contributed by atoms with E-state index in [0.717, 1.165) is 4.52 Å². The van der Waals surface area contributed by atoms with E-state index in [1.54, 1.807) is 6.07 Å². The van der Waals surface area contributed by atoms with Crippen molar-refractivity contribution in [1.29, 1.82) is 0 Å². The van der Waals surface area contributed by atoms with E-state index in [1.165, 1.54) is 6.07 Å². The van der Waals surface area contributed by atoms with Gasteiger partial charge in [-0.1, -0.05) is 0 Å². The maximum atomic E-state index is 13.1. The molecule has 3 aromatic rings. The van der Waals surface area contributed by atoms with Crippen LogP contribution in [0.5, 0.6) is 11.5 Å². The Labute approximate surface area is 103 Å². The van der Waals surface area contributed by atoms with E-state index >= 15 is 0 Å². The molecule has 1 aliphatic rings. The van der Waals surface area contributed by atoms with Crippen molar-refractivity contribution >= 4 is 22.5 Å². The Morgan fingerprint density at radius 3 is 2.95 bits per heavy atom. The van der Waals surface area contributed by atoms with Crippen molar-refractivity contribution in [2.24, 2.45) is 0 Å². The number of anilines is 1. The van der Waals surface area contributed by atoms with Gasteiger partial charge in [-0.15, -0.1) is 5.10 Å². The second-order valence-corrected chi connectivity index (χ2v) is 3.89. The van der Waals surface area contributed by atoms with Gasteiger partial charge in [0.1, 0.15) is 5.52 Å². The molecule has 0 bridgehead atoms. The fraction of sp³-hybridized carbons (Fsp3) is 0.100. The van der Waals surface area contributed by atoms with E-state index in [4.69, 9.17) is 15.2 Å². The van der Waals surface area contributed by atoms with Crippen LogP contribution < -0.4 is 15.2 Å². The van der Waals surface area contributed by atoms with Crippen LogP contribution in [-0.2, 0) is 0 Å². The quantitative estimate of drug-likeness (QED) is 0.653. The van der Waals surface area contributed by atoms with Crippen molar-refractivity contribution in [3.63, 3.8) is 0 Å². The average molecular weight is 265 g/mol. The molecule has 96 valence electrons. The van der Waals surface area contributed by atoms with Crippen LogP contribution in [-0.4, -0.2) is 26.1 Å². The molecule has 19 heavy (non-hydrogen) atoms. The third kappa shape index (κ3) is 1.26. The molecule has 7 nitrogen and oxygen atoms in total. The molecule has 0 saturated heterocycles. The third-order valence-electron chi connectivity index (χ3n) is 2.79. The molecule has 2 aromatic heterocycles. The largest absolute Gasteiger partial charge is 0.425 e. The summed E-state index contributed by atoms with van der Waals surface area (Å²) in [5, 5.41) is 3.91. The Balaban J connectivity index is 2.17. The van der Waals surface area contributed by atoms with Crippen LogP contribution >= 0.6 is 0 Å². The van der Waals surface area contributed by atoms with Crippen molar-refractivity contribution in [2.75, 3.05) is 5.73 Å². The van der Waals surface area contributed by atoms with Gasteiger partial charge in [0.25, 0.3) is 0 Å². The van der Waals surface area contributed by atoms with Gasteiger partial charge in [-0.2, -0.15) is 18.3 Å². The molecule has 4 rings (SSSR count). The van der Waals surface area contributed by atoms with Gasteiger partial charge >= 0.3 is 12.6 Å². The van der Waals surface area contributed by atoms with E-state index < -0.39 is 12.6 Å². The lowest BCUT2D eigenvalue weighted by molar-refractivity contribution is -0.0647. The standard InChI is InChI=1S/C10H5F2N5O2/c11-8-15-7-3-1-2-4-6(19-9(12)18-4)5(3)14-10(13)17(7)16-8/h1-2,9H,(H2,13,14). The lowest BCUT2D eigenvalue weighted by atomic mass is 10.2. The van der Waals surface area contributed by atoms with Gasteiger partial charge < -0.3 is 15.2 Å². The van der Waals surface area contributed by atoms with Crippen molar-refractivity contribution < 1.29 is 18.3 Å². The van der Waals surface area contributed by atoms with Crippen molar-refractivity contribution in [1.82, 2.24) is 19.6 Å². The molecule has 0 saturated carbocycles. The number of nitrogens with two attached hydrogens (primary N) is 1. The molecule has 0 spiro atoms. The molecule has 1 atom stereocenters. The van der Waals surface area contributed by atoms with Gasteiger partial charge in [0.2, 0.25) is 5.95 Å². The fourth-order valence-corrected chi connectivity index (χ4v) is 2.05. The number of rotatable bonds is 0. The van der Waals surface area contributed by atoms with Gasteiger partial charge in [-0.3, -0.25) is 0 Å². The first kappa shape index (κ1) is 10.2. The van der Waals surface area contributed by atoms with Crippen LogP contribution in [0, 0.1) is 6.08 Å². The molecule has 3 heterocycles. The summed E-state index contributed by atoms with van der Waals surface area (Å²) in [7, 11) is 0. The Morgan fingerprint density at radius 1 is 1.26 bits per heavy atom. The Kier molecular flexibility index (Phi) is 1.72. The monoisotopic (exact) mass is 265 g/mol. The van der Waals surface area contributed by atoms with Gasteiger partial charge in [-0.25, -0.2) is 4.98 Å². The third-order valence-corrected chi connectivity index (χ3v) is 2.79. The summed E-state index contributed by atoms with van der Waals surface area (Å²) in [5.41, 5.74) is 6.08. The summed E-state index contributed by atoms with van der Waals surface area (Å²) in [6, 6.07) is 3.05. The number of hydrogen-bond acceptors (Lipinski definition) is 6. The zero-order valence-corrected chi connectivity index (χ0v) is 9.17. The first-order valence-corrected chi connectivity index (χ1v) is 5.25. The predicted octanol–water partition coefficient (Wildman–Crippen LogP) is 1.02. The second kappa shape index (κ2) is 3.19. The van der Waals surface area contributed by atoms with Crippen LogP contribution in [0.15, 0.2) is 12.1 Å². The van der Waals surface area contributed by atoms with Crippen molar-refractivity contribution in [2.45, 2.75) is 6.54 Å². The van der Waals surface area contributed by atoms with Crippen LogP contribution in [0.4, 0.5) is 14.7 Å². The lowest BCUT2D eigenvalue weighted by Gasteiger charge is -2.04. The summed E-state index contributed by atoms with van der Waals surface area (Å²) in [5.74, 6) is 0.233. The number of fused-ring (bicyclic) bond motifs is 5. The zero-order chi connectivity index (χ0) is 13.1. The molecular weight excluding hydrogens is 260 g/mol. The SMILES string of the molecule is Nc1nc2c3c(ccc2c2nc(F)nn12)OC(F)O3. The fourth-order valence-electron chi connectivity index (χ4n) is 2.05. The molecule has 0 aliphatic carbocycles. The normalized spacial score (nSPS) is 17.5. The number of hydrogen-bond donors (Lipinski definition) is 1. The zero-order valence-electron chi connectivity index (χ0n) is 9.17. The van der Waals surface area contributed by atoms with Crippen LogP contribution in [0.25, 0.3) is 16.6 Å². The number of halogens is 2. The van der Waals surface area contributed by atoms with Crippen molar-refractivity contribution in [3.05, 3.63) is 18.2 Å². The summed E-state index contributed by atoms with van der Waals surface area (Å²) in [6.07, 6.45) is -0.929. The predicted molar refractivity (Wildman–Crippen MR) is 58.8 cm³/mol. The first-order valence-electron chi connectivity index (χ1n) is 5.25. The molecule has 9 heteroatoms. The van der Waals surface area contributed by atoms with E-state index in [-0.39, 0.29) is 28.6 Å². The average Bonchev–Trinajstić information content (AvgIpc) is 2.91. The summed E-state index contributed by atoms with van der Waals surface area (Å²) in [6.45, 7) is -1.89. The molecule has 2 N–H and O–H groups in total. The minimum Gasteiger partial charge on any atom is -0.425 e. The summed E-state index contributed by atoms with van der Waals surface area (Å²) < 4.78 is 36.9. The maximum absolute atomic E-state index is 13.1. The molecule has 1 unspecified atom stereocenters.